The van der Waals surface area contributed by atoms with E-state index in [2.05, 4.69) is 15.3 Å². The molecule has 0 aliphatic rings. The van der Waals surface area contributed by atoms with Crippen LogP contribution < -0.4 is 5.32 Å². The molecule has 1 N–H and O–H groups in total. The van der Waals surface area contributed by atoms with Gasteiger partial charge in [0.25, 0.3) is 0 Å². The summed E-state index contributed by atoms with van der Waals surface area (Å²) in [5.74, 6) is 0.636. The number of thiophene rings is 1. The van der Waals surface area contributed by atoms with Gasteiger partial charge in [-0.2, -0.15) is 0 Å². The first-order valence-corrected chi connectivity index (χ1v) is 9.47. The molecular formula is C15H15N3O2S2. The molecule has 0 saturated heterocycles. The molecule has 0 bridgehead atoms. The van der Waals surface area contributed by atoms with Crippen LogP contribution in [-0.2, 0) is 9.84 Å². The third-order valence-electron chi connectivity index (χ3n) is 3.36. The van der Waals surface area contributed by atoms with Crippen molar-refractivity contribution in [1.82, 2.24) is 9.97 Å². The smallest absolute Gasteiger partial charge is 0.175 e. The van der Waals surface area contributed by atoms with Gasteiger partial charge in [-0.1, -0.05) is 6.07 Å². The molecule has 1 atom stereocenters. The van der Waals surface area contributed by atoms with E-state index in [0.29, 0.717) is 16.7 Å². The average Bonchev–Trinajstić information content (AvgIpc) is 3.00. The number of sulfone groups is 1. The van der Waals surface area contributed by atoms with Gasteiger partial charge in [0, 0.05) is 16.5 Å². The minimum absolute atomic E-state index is 0.0833. The molecule has 0 spiro atoms. The van der Waals surface area contributed by atoms with Gasteiger partial charge in [0.2, 0.25) is 0 Å². The highest BCUT2D eigenvalue weighted by molar-refractivity contribution is 7.90. The fourth-order valence-corrected chi connectivity index (χ4v) is 3.58. The molecule has 5 nitrogen and oxygen atoms in total. The van der Waals surface area contributed by atoms with Crippen LogP contribution in [0.4, 0.5) is 5.82 Å². The Labute approximate surface area is 133 Å². The van der Waals surface area contributed by atoms with Gasteiger partial charge in [-0.25, -0.2) is 18.4 Å². The van der Waals surface area contributed by atoms with Gasteiger partial charge in [0.1, 0.15) is 12.1 Å². The number of fused-ring (bicyclic) bond motifs is 1. The van der Waals surface area contributed by atoms with Gasteiger partial charge >= 0.3 is 0 Å². The highest BCUT2D eigenvalue weighted by Gasteiger charge is 2.13. The van der Waals surface area contributed by atoms with Crippen LogP contribution in [0.15, 0.2) is 46.9 Å². The van der Waals surface area contributed by atoms with Crippen LogP contribution in [0.1, 0.15) is 17.8 Å². The molecule has 0 radical (unpaired) electrons. The Kier molecular flexibility index (Phi) is 3.84. The second-order valence-corrected chi connectivity index (χ2v) is 8.05. The van der Waals surface area contributed by atoms with E-state index in [1.807, 2.05) is 24.4 Å². The van der Waals surface area contributed by atoms with Crippen molar-refractivity contribution in [3.63, 3.8) is 0 Å². The molecule has 22 heavy (non-hydrogen) atoms. The molecule has 114 valence electrons. The summed E-state index contributed by atoms with van der Waals surface area (Å²) in [6.07, 6.45) is 2.67. The van der Waals surface area contributed by atoms with Crippen molar-refractivity contribution in [1.29, 1.82) is 0 Å². The van der Waals surface area contributed by atoms with E-state index in [4.69, 9.17) is 0 Å². The number of benzene rings is 1. The Hall–Kier alpha value is -1.99. The second kappa shape index (κ2) is 5.66. The predicted molar refractivity (Wildman–Crippen MR) is 89.0 cm³/mol. The van der Waals surface area contributed by atoms with E-state index >= 15 is 0 Å². The molecule has 2 aromatic heterocycles. The Balaban J connectivity index is 2.05. The molecule has 0 amide bonds. The molecule has 3 aromatic rings. The summed E-state index contributed by atoms with van der Waals surface area (Å²) in [7, 11) is -3.26. The second-order valence-electron chi connectivity index (χ2n) is 5.05. The van der Waals surface area contributed by atoms with E-state index in [1.54, 1.807) is 29.5 Å². The van der Waals surface area contributed by atoms with E-state index < -0.39 is 9.84 Å². The topological polar surface area (TPSA) is 72.0 Å². The zero-order chi connectivity index (χ0) is 15.7. The van der Waals surface area contributed by atoms with Gasteiger partial charge in [-0.15, -0.1) is 11.3 Å². The molecule has 0 aliphatic carbocycles. The standard InChI is InChI=1S/C15H15N3O2S2/c1-10(14-4-3-7-21-14)18-15-12-8-11(22(2,19)20)5-6-13(12)16-9-17-15/h3-10H,1-2H3,(H,16,17,18). The van der Waals surface area contributed by atoms with Crippen molar-refractivity contribution in [2.24, 2.45) is 0 Å². The molecular weight excluding hydrogens is 318 g/mol. The lowest BCUT2D eigenvalue weighted by Crippen LogP contribution is -2.07. The SMILES string of the molecule is CC(Nc1ncnc2ccc(S(C)(=O)=O)cc12)c1cccs1. The van der Waals surface area contributed by atoms with Gasteiger partial charge in [-0.05, 0) is 36.6 Å². The zero-order valence-corrected chi connectivity index (χ0v) is 13.8. The number of nitrogens with one attached hydrogen (secondary N) is 1. The van der Waals surface area contributed by atoms with Crippen LogP contribution in [0, 0.1) is 0 Å². The van der Waals surface area contributed by atoms with Crippen molar-refractivity contribution in [3.05, 3.63) is 46.9 Å². The number of hydrogen-bond donors (Lipinski definition) is 1. The predicted octanol–water partition coefficient (Wildman–Crippen LogP) is 3.27. The van der Waals surface area contributed by atoms with Crippen LogP contribution >= 0.6 is 11.3 Å². The molecule has 0 aliphatic heterocycles. The Morgan fingerprint density at radius 2 is 2.05 bits per heavy atom. The zero-order valence-electron chi connectivity index (χ0n) is 12.1. The molecule has 1 unspecified atom stereocenters. The fourth-order valence-electron chi connectivity index (χ4n) is 2.20. The van der Waals surface area contributed by atoms with Crippen molar-refractivity contribution < 1.29 is 8.42 Å². The van der Waals surface area contributed by atoms with E-state index in [0.717, 1.165) is 0 Å². The number of nitrogens with zero attached hydrogens (tertiary/aromatic N) is 2. The van der Waals surface area contributed by atoms with Crippen LogP contribution in [0.25, 0.3) is 10.9 Å². The van der Waals surface area contributed by atoms with Gasteiger partial charge < -0.3 is 5.32 Å². The quantitative estimate of drug-likeness (QED) is 0.793. The normalized spacial score (nSPS) is 13.2. The van der Waals surface area contributed by atoms with Crippen molar-refractivity contribution in [2.45, 2.75) is 17.9 Å². The highest BCUT2D eigenvalue weighted by Crippen LogP contribution is 2.27. The lowest BCUT2D eigenvalue weighted by molar-refractivity contribution is 0.602. The molecule has 2 heterocycles. The van der Waals surface area contributed by atoms with E-state index in [9.17, 15) is 8.42 Å². The molecule has 1 aromatic carbocycles. The van der Waals surface area contributed by atoms with Crippen molar-refractivity contribution in [3.8, 4) is 0 Å². The molecule has 3 rings (SSSR count). The minimum atomic E-state index is -3.26. The number of rotatable bonds is 4. The third-order valence-corrected chi connectivity index (χ3v) is 5.52. The first kappa shape index (κ1) is 14.9. The Morgan fingerprint density at radius 1 is 1.23 bits per heavy atom. The number of hydrogen-bond acceptors (Lipinski definition) is 6. The fraction of sp³-hybridized carbons (Fsp3) is 0.200. The van der Waals surface area contributed by atoms with Crippen LogP contribution in [-0.4, -0.2) is 24.6 Å². The van der Waals surface area contributed by atoms with E-state index in [-0.39, 0.29) is 10.9 Å². The Bertz CT molecular complexity index is 906. The summed E-state index contributed by atoms with van der Waals surface area (Å²) in [4.78, 5) is 9.91. The maximum atomic E-state index is 11.7. The largest absolute Gasteiger partial charge is 0.362 e. The summed E-state index contributed by atoms with van der Waals surface area (Å²) >= 11 is 1.66. The summed E-state index contributed by atoms with van der Waals surface area (Å²) in [6, 6.07) is 9.02. The molecule has 7 heteroatoms. The number of anilines is 1. The molecule has 0 saturated carbocycles. The van der Waals surface area contributed by atoms with Crippen LogP contribution in [0.2, 0.25) is 0 Å². The lowest BCUT2D eigenvalue weighted by Gasteiger charge is -2.14. The maximum absolute atomic E-state index is 11.7. The first-order chi connectivity index (χ1) is 10.4. The van der Waals surface area contributed by atoms with Crippen LogP contribution in [0.5, 0.6) is 0 Å². The van der Waals surface area contributed by atoms with Crippen molar-refractivity contribution >= 4 is 37.9 Å². The average molecular weight is 333 g/mol. The van der Waals surface area contributed by atoms with Crippen molar-refractivity contribution in [2.75, 3.05) is 11.6 Å². The Morgan fingerprint density at radius 3 is 2.73 bits per heavy atom. The summed E-state index contributed by atoms with van der Waals surface area (Å²) in [5, 5.41) is 6.05. The van der Waals surface area contributed by atoms with Gasteiger partial charge in [0.15, 0.2) is 9.84 Å². The number of aromatic nitrogens is 2. The summed E-state index contributed by atoms with van der Waals surface area (Å²) < 4.78 is 23.5. The van der Waals surface area contributed by atoms with Gasteiger partial charge in [-0.3, -0.25) is 0 Å². The monoisotopic (exact) mass is 333 g/mol. The van der Waals surface area contributed by atoms with Crippen LogP contribution in [0.3, 0.4) is 0 Å². The minimum Gasteiger partial charge on any atom is -0.362 e. The first-order valence-electron chi connectivity index (χ1n) is 6.70. The molecule has 0 fully saturated rings. The van der Waals surface area contributed by atoms with Gasteiger partial charge in [0.05, 0.1) is 16.5 Å². The highest BCUT2D eigenvalue weighted by atomic mass is 32.2. The maximum Gasteiger partial charge on any atom is 0.175 e. The summed E-state index contributed by atoms with van der Waals surface area (Å²) in [5.41, 5.74) is 0.711. The van der Waals surface area contributed by atoms with E-state index in [1.165, 1.54) is 17.5 Å². The third kappa shape index (κ3) is 2.95. The summed E-state index contributed by atoms with van der Waals surface area (Å²) in [6.45, 7) is 2.04. The lowest BCUT2D eigenvalue weighted by atomic mass is 10.2.